The van der Waals surface area contributed by atoms with E-state index in [1.165, 1.54) is 10.5 Å². The van der Waals surface area contributed by atoms with Crippen LogP contribution in [0, 0.1) is 17.8 Å². The third-order valence-electron chi connectivity index (χ3n) is 7.76. The number of amides is 1. The van der Waals surface area contributed by atoms with Gasteiger partial charge in [-0.3, -0.25) is 9.69 Å². The van der Waals surface area contributed by atoms with Gasteiger partial charge in [0.05, 0.1) is 18.1 Å². The fraction of sp³-hybridized carbons (Fsp3) is 0.600. The fourth-order valence-electron chi connectivity index (χ4n) is 6.34. The summed E-state index contributed by atoms with van der Waals surface area (Å²) in [5.74, 6) is -0.447. The Morgan fingerprint density at radius 3 is 2.72 bits per heavy atom. The van der Waals surface area contributed by atoms with Crippen molar-refractivity contribution >= 4 is 23.6 Å². The van der Waals surface area contributed by atoms with Gasteiger partial charge in [0.1, 0.15) is 5.70 Å². The Bertz CT molecular complexity index is 918. The summed E-state index contributed by atoms with van der Waals surface area (Å²) >= 11 is 1.98. The maximum absolute atomic E-state index is 12.7. The summed E-state index contributed by atoms with van der Waals surface area (Å²) in [6, 6.07) is 10.4. The van der Waals surface area contributed by atoms with Gasteiger partial charge < -0.3 is 15.1 Å². The molecule has 6 atom stereocenters. The van der Waals surface area contributed by atoms with E-state index in [-0.39, 0.29) is 29.5 Å². The monoisotopic (exact) mass is 456 g/mol. The Hall–Kier alpha value is -1.83. The van der Waals surface area contributed by atoms with E-state index < -0.39 is 18.0 Å². The number of aliphatic hydroxyl groups excluding tert-OH is 1. The molecule has 4 aliphatic rings. The Balaban J connectivity index is 1.25. The second kappa shape index (κ2) is 8.84. The lowest BCUT2D eigenvalue weighted by atomic mass is 9.70. The van der Waals surface area contributed by atoms with Crippen LogP contribution in [0.3, 0.4) is 0 Å². The van der Waals surface area contributed by atoms with Gasteiger partial charge in [0.25, 0.3) is 0 Å². The van der Waals surface area contributed by atoms with Crippen LogP contribution < -0.4 is 0 Å². The van der Waals surface area contributed by atoms with Crippen molar-refractivity contribution in [3.63, 3.8) is 0 Å². The highest BCUT2D eigenvalue weighted by Gasteiger charge is 2.62. The van der Waals surface area contributed by atoms with Crippen LogP contribution in [0.1, 0.15) is 38.2 Å². The van der Waals surface area contributed by atoms with Crippen molar-refractivity contribution in [2.24, 2.45) is 17.8 Å². The highest BCUT2D eigenvalue weighted by Crippen LogP contribution is 2.54. The summed E-state index contributed by atoms with van der Waals surface area (Å²) < 4.78 is 0. The number of aliphatic hydroxyl groups is 1. The molecule has 3 fully saturated rings. The van der Waals surface area contributed by atoms with Gasteiger partial charge in [0, 0.05) is 30.0 Å². The third-order valence-corrected chi connectivity index (χ3v) is 9.21. The van der Waals surface area contributed by atoms with Crippen LogP contribution in [-0.4, -0.2) is 68.1 Å². The van der Waals surface area contributed by atoms with Crippen molar-refractivity contribution in [1.82, 2.24) is 9.80 Å². The van der Waals surface area contributed by atoms with E-state index in [0.717, 1.165) is 56.6 Å². The van der Waals surface area contributed by atoms with E-state index in [0.29, 0.717) is 5.25 Å². The minimum Gasteiger partial charge on any atom is -0.477 e. The molecule has 6 nitrogen and oxygen atoms in total. The summed E-state index contributed by atoms with van der Waals surface area (Å²) in [4.78, 5) is 28.8. The standard InChI is InChI=1S/C25H32N2O4S/c1-15(28)20-22-19-9-5-8-17(21(19)23(25(30)31)27(22)24(20)29)14-32-18-10-11-26(13-18)12-16-6-3-2-4-7-16/h2-4,6-7,15,17-20,22,28H,5,8-14H2,1H3,(H,30,31)/t15-,17+,18+,19+,20-,22-/m1/s1. The summed E-state index contributed by atoms with van der Waals surface area (Å²) in [7, 11) is 0. The molecule has 0 bridgehead atoms. The van der Waals surface area contributed by atoms with Crippen LogP contribution in [0.15, 0.2) is 41.6 Å². The van der Waals surface area contributed by atoms with E-state index in [9.17, 15) is 19.8 Å². The van der Waals surface area contributed by atoms with Crippen LogP contribution >= 0.6 is 11.8 Å². The second-order valence-corrected chi connectivity index (χ2v) is 11.1. The van der Waals surface area contributed by atoms with Crippen LogP contribution in [0.2, 0.25) is 0 Å². The van der Waals surface area contributed by atoms with Gasteiger partial charge in [-0.2, -0.15) is 11.8 Å². The maximum atomic E-state index is 12.7. The highest BCUT2D eigenvalue weighted by molar-refractivity contribution is 7.99. The minimum atomic E-state index is -0.989. The molecule has 5 rings (SSSR count). The zero-order valence-electron chi connectivity index (χ0n) is 18.5. The van der Waals surface area contributed by atoms with Gasteiger partial charge in [-0.25, -0.2) is 4.79 Å². The number of aliphatic carboxylic acids is 1. The zero-order valence-corrected chi connectivity index (χ0v) is 19.3. The molecule has 1 saturated carbocycles. The number of hydrogen-bond donors (Lipinski definition) is 2. The Morgan fingerprint density at radius 2 is 2.00 bits per heavy atom. The number of benzene rings is 1. The lowest BCUT2D eigenvalue weighted by Crippen LogP contribution is -2.64. The van der Waals surface area contributed by atoms with Crippen molar-refractivity contribution in [2.45, 2.75) is 56.5 Å². The van der Waals surface area contributed by atoms with Gasteiger partial charge in [-0.05, 0) is 49.8 Å². The van der Waals surface area contributed by atoms with Gasteiger partial charge in [-0.1, -0.05) is 36.8 Å². The minimum absolute atomic E-state index is 0.0934. The molecule has 1 aromatic rings. The van der Waals surface area contributed by atoms with E-state index in [1.807, 2.05) is 17.8 Å². The predicted molar refractivity (Wildman–Crippen MR) is 124 cm³/mol. The van der Waals surface area contributed by atoms with Crippen molar-refractivity contribution in [3.8, 4) is 0 Å². The lowest BCUT2D eigenvalue weighted by Gasteiger charge is -2.47. The van der Waals surface area contributed by atoms with Crippen molar-refractivity contribution in [1.29, 1.82) is 0 Å². The zero-order chi connectivity index (χ0) is 22.4. The van der Waals surface area contributed by atoms with Gasteiger partial charge in [0.15, 0.2) is 0 Å². The number of rotatable bonds is 7. The normalized spacial score (nSPS) is 33.1. The first-order chi connectivity index (χ1) is 15.5. The van der Waals surface area contributed by atoms with Gasteiger partial charge in [-0.15, -0.1) is 0 Å². The molecular formula is C25H32N2O4S. The Labute approximate surface area is 193 Å². The van der Waals surface area contributed by atoms with E-state index >= 15 is 0 Å². The molecule has 1 aromatic carbocycles. The molecule has 0 aromatic heterocycles. The Kier molecular flexibility index (Phi) is 6.07. The molecule has 0 radical (unpaired) electrons. The number of carbonyl (C=O) groups is 2. The summed E-state index contributed by atoms with van der Waals surface area (Å²) in [5, 5.41) is 20.7. The number of fused-ring (bicyclic) bond motifs is 3. The van der Waals surface area contributed by atoms with E-state index in [1.54, 1.807) is 6.92 Å². The van der Waals surface area contributed by atoms with Crippen molar-refractivity contribution in [2.75, 3.05) is 18.8 Å². The SMILES string of the molecule is C[C@@H](O)[C@H]1C(=O)N2C(C(=O)O)=C3[C@H](CS[C@H]4CCN(Cc5ccccc5)C4)CCC[C@@H]3[C@H]12. The van der Waals surface area contributed by atoms with Gasteiger partial charge in [0.2, 0.25) is 5.91 Å². The molecule has 172 valence electrons. The first kappa shape index (κ1) is 22.0. The van der Waals surface area contributed by atoms with Crippen LogP contribution in [0.5, 0.6) is 0 Å². The molecule has 0 unspecified atom stereocenters. The molecule has 3 aliphatic heterocycles. The number of nitrogens with zero attached hydrogens (tertiary/aromatic N) is 2. The summed E-state index contributed by atoms with van der Waals surface area (Å²) in [6.45, 7) is 4.80. The number of hydrogen-bond acceptors (Lipinski definition) is 5. The molecule has 0 spiro atoms. The van der Waals surface area contributed by atoms with E-state index in [2.05, 4.69) is 29.2 Å². The summed E-state index contributed by atoms with van der Waals surface area (Å²) in [5.41, 5.74) is 2.55. The molecule has 1 aliphatic carbocycles. The third kappa shape index (κ3) is 3.78. The molecule has 2 saturated heterocycles. The molecule has 1 amide bonds. The average molecular weight is 457 g/mol. The Morgan fingerprint density at radius 1 is 1.22 bits per heavy atom. The predicted octanol–water partition coefficient (Wildman–Crippen LogP) is 2.97. The van der Waals surface area contributed by atoms with E-state index in [4.69, 9.17) is 0 Å². The summed E-state index contributed by atoms with van der Waals surface area (Å²) in [6.07, 6.45) is 3.39. The molecule has 7 heteroatoms. The van der Waals surface area contributed by atoms with Crippen molar-refractivity contribution in [3.05, 3.63) is 47.2 Å². The van der Waals surface area contributed by atoms with Crippen LogP contribution in [0.4, 0.5) is 0 Å². The molecular weight excluding hydrogens is 424 g/mol. The number of carbonyl (C=O) groups excluding carboxylic acids is 1. The largest absolute Gasteiger partial charge is 0.477 e. The fourth-order valence-corrected chi connectivity index (χ4v) is 7.78. The van der Waals surface area contributed by atoms with Crippen molar-refractivity contribution < 1.29 is 19.8 Å². The van der Waals surface area contributed by atoms with Crippen LogP contribution in [0.25, 0.3) is 0 Å². The topological polar surface area (TPSA) is 81.1 Å². The number of likely N-dealkylation sites (tertiary alicyclic amines) is 1. The first-order valence-corrected chi connectivity index (χ1v) is 12.9. The average Bonchev–Trinajstić information content (AvgIpc) is 3.33. The molecule has 2 N–H and O–H groups in total. The number of β-lactam (4-membered cyclic amide) rings is 1. The quantitative estimate of drug-likeness (QED) is 0.614. The smallest absolute Gasteiger partial charge is 0.352 e. The number of carboxylic acids is 1. The highest BCUT2D eigenvalue weighted by atomic mass is 32.2. The molecule has 3 heterocycles. The van der Waals surface area contributed by atoms with Crippen LogP contribution in [-0.2, 0) is 16.1 Å². The maximum Gasteiger partial charge on any atom is 0.352 e. The molecule has 32 heavy (non-hydrogen) atoms. The second-order valence-electron chi connectivity index (χ2n) is 9.77. The lowest BCUT2D eigenvalue weighted by molar-refractivity contribution is -0.163. The first-order valence-electron chi connectivity index (χ1n) is 11.8. The van der Waals surface area contributed by atoms with Gasteiger partial charge >= 0.3 is 5.97 Å². The number of thioether (sulfide) groups is 1. The number of carboxylic acid groups (broad SMARTS) is 1.